The van der Waals surface area contributed by atoms with E-state index in [2.05, 4.69) is 4.98 Å². The molecule has 0 bridgehead atoms. The van der Waals surface area contributed by atoms with Gasteiger partial charge in [0.05, 0.1) is 0 Å². The van der Waals surface area contributed by atoms with Gasteiger partial charge in [0, 0.05) is 22.2 Å². The zero-order valence-corrected chi connectivity index (χ0v) is 15.2. The fraction of sp³-hybridized carbons (Fsp3) is 0.111. The first kappa shape index (κ1) is 17.3. The molecule has 128 valence electrons. The number of nitrogens with zero attached hydrogens (tertiary/aromatic N) is 1. The molecule has 7 heteroatoms. The summed E-state index contributed by atoms with van der Waals surface area (Å²) in [5, 5.41) is 2.81. The molecule has 3 rings (SSSR count). The van der Waals surface area contributed by atoms with Gasteiger partial charge in [0.25, 0.3) is 0 Å². The van der Waals surface area contributed by atoms with Gasteiger partial charge in [0.2, 0.25) is 0 Å². The molecule has 0 saturated heterocycles. The lowest BCUT2D eigenvalue weighted by molar-refractivity contribution is 0.101. The van der Waals surface area contributed by atoms with Crippen LogP contribution in [0, 0.1) is 6.92 Å². The molecule has 5 nitrogen and oxygen atoms in total. The smallest absolute Gasteiger partial charge is 0.339 e. The van der Waals surface area contributed by atoms with Crippen molar-refractivity contribution in [3.8, 4) is 16.3 Å². The minimum atomic E-state index is -4.01. The van der Waals surface area contributed by atoms with Gasteiger partial charge in [0.1, 0.15) is 15.7 Å². The van der Waals surface area contributed by atoms with Gasteiger partial charge in [0.15, 0.2) is 5.78 Å². The van der Waals surface area contributed by atoms with Crippen molar-refractivity contribution in [1.82, 2.24) is 4.98 Å². The molecule has 0 radical (unpaired) electrons. The number of carbonyl (C=O) groups excluding carboxylic acids is 1. The van der Waals surface area contributed by atoms with Gasteiger partial charge in [-0.1, -0.05) is 12.1 Å². The number of hydrogen-bond donors (Lipinski definition) is 0. The molecule has 0 aliphatic heterocycles. The fourth-order valence-corrected chi connectivity index (χ4v) is 3.97. The van der Waals surface area contributed by atoms with Crippen LogP contribution >= 0.6 is 11.3 Å². The van der Waals surface area contributed by atoms with Gasteiger partial charge in [-0.2, -0.15) is 8.42 Å². The van der Waals surface area contributed by atoms with Crippen LogP contribution in [0.1, 0.15) is 23.0 Å². The maximum absolute atomic E-state index is 12.4. The Kier molecular flexibility index (Phi) is 4.69. The van der Waals surface area contributed by atoms with Crippen molar-refractivity contribution >= 4 is 27.2 Å². The Labute approximate surface area is 150 Å². The minimum Gasteiger partial charge on any atom is -0.379 e. The highest BCUT2D eigenvalue weighted by Crippen LogP contribution is 2.27. The summed E-state index contributed by atoms with van der Waals surface area (Å²) < 4.78 is 29.9. The van der Waals surface area contributed by atoms with Crippen LogP contribution in [0.2, 0.25) is 0 Å². The number of thiazole rings is 1. The van der Waals surface area contributed by atoms with Gasteiger partial charge in [-0.15, -0.1) is 11.3 Å². The molecule has 1 aromatic heterocycles. The number of rotatable bonds is 5. The molecule has 25 heavy (non-hydrogen) atoms. The second kappa shape index (κ2) is 6.78. The van der Waals surface area contributed by atoms with Crippen LogP contribution in [0.4, 0.5) is 0 Å². The number of aromatic nitrogens is 1. The van der Waals surface area contributed by atoms with Crippen molar-refractivity contribution < 1.29 is 17.4 Å². The van der Waals surface area contributed by atoms with E-state index in [0.717, 1.165) is 16.3 Å². The van der Waals surface area contributed by atoms with Crippen LogP contribution in [-0.4, -0.2) is 19.2 Å². The third-order valence-electron chi connectivity index (χ3n) is 3.46. The van der Waals surface area contributed by atoms with E-state index in [9.17, 15) is 13.2 Å². The van der Waals surface area contributed by atoms with E-state index in [1.165, 1.54) is 36.5 Å². The molecular weight excluding hydrogens is 358 g/mol. The number of hydrogen-bond acceptors (Lipinski definition) is 6. The summed E-state index contributed by atoms with van der Waals surface area (Å²) in [7, 11) is -4.01. The average Bonchev–Trinajstić information content (AvgIpc) is 3.02. The van der Waals surface area contributed by atoms with Crippen molar-refractivity contribution in [3.05, 3.63) is 65.2 Å². The molecule has 0 N–H and O–H groups in total. The fourth-order valence-electron chi connectivity index (χ4n) is 2.19. The Balaban J connectivity index is 1.83. The molecule has 0 saturated carbocycles. The number of ketones is 1. The van der Waals surface area contributed by atoms with Crippen molar-refractivity contribution in [2.75, 3.05) is 0 Å². The standard InChI is InChI=1S/C18H15NO4S2/c1-12-11-24-18(19-12)14-6-8-16(9-7-14)23-25(21,22)17-5-3-4-15(10-17)13(2)20/h3-11H,1-2H3. The van der Waals surface area contributed by atoms with Gasteiger partial charge in [-0.05, 0) is 50.2 Å². The van der Waals surface area contributed by atoms with Gasteiger partial charge >= 0.3 is 10.1 Å². The van der Waals surface area contributed by atoms with E-state index in [0.29, 0.717) is 5.56 Å². The summed E-state index contributed by atoms with van der Waals surface area (Å²) in [6.07, 6.45) is 0. The summed E-state index contributed by atoms with van der Waals surface area (Å²) in [5.74, 6) is -0.00889. The van der Waals surface area contributed by atoms with Crippen molar-refractivity contribution in [2.24, 2.45) is 0 Å². The predicted molar refractivity (Wildman–Crippen MR) is 96.5 cm³/mol. The van der Waals surface area contributed by atoms with E-state index in [-0.39, 0.29) is 16.4 Å². The van der Waals surface area contributed by atoms with Crippen LogP contribution in [0.5, 0.6) is 5.75 Å². The summed E-state index contributed by atoms with van der Waals surface area (Å²) in [5.41, 5.74) is 2.15. The van der Waals surface area contributed by atoms with Gasteiger partial charge in [-0.25, -0.2) is 4.98 Å². The minimum absolute atomic E-state index is 0.0557. The van der Waals surface area contributed by atoms with E-state index in [1.54, 1.807) is 30.3 Å². The Morgan fingerprint density at radius 2 is 1.84 bits per heavy atom. The monoisotopic (exact) mass is 373 g/mol. The topological polar surface area (TPSA) is 73.3 Å². The highest BCUT2D eigenvalue weighted by atomic mass is 32.2. The molecule has 0 unspecified atom stereocenters. The third kappa shape index (κ3) is 3.94. The van der Waals surface area contributed by atoms with Crippen molar-refractivity contribution in [2.45, 2.75) is 18.7 Å². The van der Waals surface area contributed by atoms with E-state index < -0.39 is 10.1 Å². The average molecular weight is 373 g/mol. The van der Waals surface area contributed by atoms with Crippen LogP contribution in [0.3, 0.4) is 0 Å². The van der Waals surface area contributed by atoms with Gasteiger partial charge < -0.3 is 4.18 Å². The quantitative estimate of drug-likeness (QED) is 0.497. The molecule has 0 aliphatic rings. The molecular formula is C18H15NO4S2. The molecule has 1 heterocycles. The first-order chi connectivity index (χ1) is 11.8. The zero-order chi connectivity index (χ0) is 18.0. The highest BCUT2D eigenvalue weighted by Gasteiger charge is 2.18. The van der Waals surface area contributed by atoms with Crippen molar-refractivity contribution in [3.63, 3.8) is 0 Å². The first-order valence-electron chi connectivity index (χ1n) is 7.43. The second-order valence-electron chi connectivity index (χ2n) is 5.44. The van der Waals surface area contributed by atoms with Crippen LogP contribution in [0.15, 0.2) is 58.8 Å². The zero-order valence-electron chi connectivity index (χ0n) is 13.6. The summed E-state index contributed by atoms with van der Waals surface area (Å²) in [6, 6.07) is 12.5. The Bertz CT molecular complexity index is 1020. The molecule has 0 spiro atoms. The second-order valence-corrected chi connectivity index (χ2v) is 7.84. The Hall–Kier alpha value is -2.51. The highest BCUT2D eigenvalue weighted by molar-refractivity contribution is 7.87. The molecule has 0 amide bonds. The number of carbonyl (C=O) groups is 1. The first-order valence-corrected chi connectivity index (χ1v) is 9.72. The lowest BCUT2D eigenvalue weighted by atomic mass is 10.2. The van der Waals surface area contributed by atoms with Crippen molar-refractivity contribution in [1.29, 1.82) is 0 Å². The van der Waals surface area contributed by atoms with E-state index >= 15 is 0 Å². The largest absolute Gasteiger partial charge is 0.379 e. The number of Topliss-reactive ketones (excluding diaryl/α,β-unsaturated/α-hetero) is 1. The molecule has 3 aromatic rings. The Morgan fingerprint density at radius 3 is 2.44 bits per heavy atom. The van der Waals surface area contributed by atoms with Gasteiger partial charge in [-0.3, -0.25) is 4.79 Å². The maximum atomic E-state index is 12.4. The molecule has 0 fully saturated rings. The van der Waals surface area contributed by atoms with E-state index in [1.807, 2.05) is 12.3 Å². The van der Waals surface area contributed by atoms with E-state index in [4.69, 9.17) is 4.18 Å². The van der Waals surface area contributed by atoms with Crippen LogP contribution in [-0.2, 0) is 10.1 Å². The Morgan fingerprint density at radius 1 is 1.12 bits per heavy atom. The SMILES string of the molecule is CC(=O)c1cccc(S(=O)(=O)Oc2ccc(-c3nc(C)cs3)cc2)c1. The third-order valence-corrected chi connectivity index (χ3v) is 5.71. The summed E-state index contributed by atoms with van der Waals surface area (Å²) in [6.45, 7) is 3.30. The normalized spacial score (nSPS) is 11.3. The lowest BCUT2D eigenvalue weighted by Crippen LogP contribution is -2.10. The number of benzene rings is 2. The molecule has 0 atom stereocenters. The maximum Gasteiger partial charge on any atom is 0.339 e. The summed E-state index contributed by atoms with van der Waals surface area (Å²) >= 11 is 1.52. The van der Waals surface area contributed by atoms with Crippen LogP contribution < -0.4 is 4.18 Å². The van der Waals surface area contributed by atoms with Crippen LogP contribution in [0.25, 0.3) is 10.6 Å². The molecule has 0 aliphatic carbocycles. The number of aryl methyl sites for hydroxylation is 1. The summed E-state index contributed by atoms with van der Waals surface area (Å²) in [4.78, 5) is 15.7. The molecule has 2 aromatic carbocycles. The predicted octanol–water partition coefficient (Wildman–Crippen LogP) is 4.09. The lowest BCUT2D eigenvalue weighted by Gasteiger charge is -2.08.